The SMILES string of the molecule is O=S(=O)(Cc1cccc(F)c1)Nc1cnc(Oc2ccccc2)nc1. The number of rotatable bonds is 6. The average molecular weight is 359 g/mol. The Morgan fingerprint density at radius 1 is 1.00 bits per heavy atom. The van der Waals surface area contributed by atoms with Gasteiger partial charge in [-0.05, 0) is 29.8 Å². The summed E-state index contributed by atoms with van der Waals surface area (Å²) < 4.78 is 45.2. The zero-order chi connectivity index (χ0) is 17.7. The van der Waals surface area contributed by atoms with E-state index in [9.17, 15) is 12.8 Å². The van der Waals surface area contributed by atoms with E-state index in [1.807, 2.05) is 18.2 Å². The molecule has 3 rings (SSSR count). The molecule has 0 aliphatic rings. The molecule has 0 saturated heterocycles. The Bertz CT molecular complexity index is 948. The van der Waals surface area contributed by atoms with E-state index in [1.54, 1.807) is 12.1 Å². The van der Waals surface area contributed by atoms with Gasteiger partial charge in [0.15, 0.2) is 0 Å². The summed E-state index contributed by atoms with van der Waals surface area (Å²) in [6, 6.07) is 14.5. The lowest BCUT2D eigenvalue weighted by Crippen LogP contribution is -2.15. The van der Waals surface area contributed by atoms with E-state index < -0.39 is 15.8 Å². The second-order valence-electron chi connectivity index (χ2n) is 5.16. The first kappa shape index (κ1) is 16.8. The fourth-order valence-corrected chi connectivity index (χ4v) is 3.23. The van der Waals surface area contributed by atoms with Crippen LogP contribution in [0.4, 0.5) is 10.1 Å². The number of hydrogen-bond donors (Lipinski definition) is 1. The van der Waals surface area contributed by atoms with Gasteiger partial charge in [-0.2, -0.15) is 0 Å². The normalized spacial score (nSPS) is 11.1. The topological polar surface area (TPSA) is 81.2 Å². The highest BCUT2D eigenvalue weighted by molar-refractivity contribution is 7.91. The molecule has 0 aliphatic heterocycles. The molecule has 0 amide bonds. The van der Waals surface area contributed by atoms with Crippen molar-refractivity contribution in [3.8, 4) is 11.8 Å². The molecule has 0 atom stereocenters. The van der Waals surface area contributed by atoms with E-state index >= 15 is 0 Å². The third-order valence-corrected chi connectivity index (χ3v) is 4.36. The number of sulfonamides is 1. The first-order chi connectivity index (χ1) is 12.0. The molecular formula is C17H14FN3O3S. The van der Waals surface area contributed by atoms with Crippen molar-refractivity contribution >= 4 is 15.7 Å². The van der Waals surface area contributed by atoms with Crippen molar-refractivity contribution in [2.45, 2.75) is 5.75 Å². The van der Waals surface area contributed by atoms with E-state index in [1.165, 1.54) is 36.7 Å². The zero-order valence-corrected chi connectivity index (χ0v) is 13.8. The van der Waals surface area contributed by atoms with Crippen molar-refractivity contribution in [1.29, 1.82) is 0 Å². The highest BCUT2D eigenvalue weighted by Crippen LogP contribution is 2.18. The third-order valence-electron chi connectivity index (χ3n) is 3.10. The van der Waals surface area contributed by atoms with Crippen LogP contribution in [0.5, 0.6) is 11.8 Å². The lowest BCUT2D eigenvalue weighted by molar-refractivity contribution is 0.442. The van der Waals surface area contributed by atoms with Crippen LogP contribution in [-0.4, -0.2) is 18.4 Å². The van der Waals surface area contributed by atoms with Gasteiger partial charge in [-0.25, -0.2) is 22.8 Å². The van der Waals surface area contributed by atoms with Gasteiger partial charge in [0.05, 0.1) is 23.8 Å². The van der Waals surface area contributed by atoms with E-state index in [-0.39, 0.29) is 17.5 Å². The van der Waals surface area contributed by atoms with Crippen LogP contribution < -0.4 is 9.46 Å². The van der Waals surface area contributed by atoms with Gasteiger partial charge < -0.3 is 4.74 Å². The van der Waals surface area contributed by atoms with E-state index in [2.05, 4.69) is 14.7 Å². The van der Waals surface area contributed by atoms with Gasteiger partial charge in [-0.3, -0.25) is 4.72 Å². The predicted molar refractivity (Wildman–Crippen MR) is 91.2 cm³/mol. The number of nitrogens with one attached hydrogen (secondary N) is 1. The van der Waals surface area contributed by atoms with Crippen molar-refractivity contribution < 1.29 is 17.5 Å². The fourth-order valence-electron chi connectivity index (χ4n) is 2.08. The molecule has 1 heterocycles. The Balaban J connectivity index is 1.66. The van der Waals surface area contributed by atoms with Crippen molar-refractivity contribution in [2.75, 3.05) is 4.72 Å². The molecule has 8 heteroatoms. The van der Waals surface area contributed by atoms with Gasteiger partial charge in [-0.1, -0.05) is 30.3 Å². The molecule has 25 heavy (non-hydrogen) atoms. The molecule has 3 aromatic rings. The summed E-state index contributed by atoms with van der Waals surface area (Å²) in [6.45, 7) is 0. The monoisotopic (exact) mass is 359 g/mol. The van der Waals surface area contributed by atoms with Gasteiger partial charge in [-0.15, -0.1) is 0 Å². The zero-order valence-electron chi connectivity index (χ0n) is 13.0. The van der Waals surface area contributed by atoms with Gasteiger partial charge in [0.1, 0.15) is 11.6 Å². The molecule has 128 valence electrons. The van der Waals surface area contributed by atoms with E-state index in [4.69, 9.17) is 4.74 Å². The quantitative estimate of drug-likeness (QED) is 0.730. The number of aromatic nitrogens is 2. The maximum Gasteiger partial charge on any atom is 0.322 e. The standard InChI is InChI=1S/C17H14FN3O3S/c18-14-6-4-5-13(9-14)12-25(22,23)21-15-10-19-17(20-11-15)24-16-7-2-1-3-8-16/h1-11,21H,12H2. The molecule has 0 aliphatic carbocycles. The molecule has 0 fully saturated rings. The molecule has 0 unspecified atom stereocenters. The Labute approximate surface area is 144 Å². The summed E-state index contributed by atoms with van der Waals surface area (Å²) in [5.74, 6) is -0.270. The molecule has 0 saturated carbocycles. The summed E-state index contributed by atoms with van der Waals surface area (Å²) in [5.41, 5.74) is 0.536. The summed E-state index contributed by atoms with van der Waals surface area (Å²) in [6.07, 6.45) is 2.60. The minimum atomic E-state index is -3.71. The maximum absolute atomic E-state index is 13.1. The van der Waals surface area contributed by atoms with Crippen LogP contribution in [0, 0.1) is 5.82 Å². The van der Waals surface area contributed by atoms with Gasteiger partial charge in [0.2, 0.25) is 10.0 Å². The molecule has 0 radical (unpaired) electrons. The van der Waals surface area contributed by atoms with Gasteiger partial charge in [0.25, 0.3) is 0 Å². The molecule has 1 aromatic heterocycles. The number of ether oxygens (including phenoxy) is 1. The molecular weight excluding hydrogens is 345 g/mol. The van der Waals surface area contributed by atoms with Crippen LogP contribution >= 0.6 is 0 Å². The first-order valence-corrected chi connectivity index (χ1v) is 8.95. The largest absolute Gasteiger partial charge is 0.424 e. The van der Waals surface area contributed by atoms with Crippen LogP contribution in [0.25, 0.3) is 0 Å². The highest BCUT2D eigenvalue weighted by atomic mass is 32.2. The summed E-state index contributed by atoms with van der Waals surface area (Å²) in [4.78, 5) is 7.92. The molecule has 1 N–H and O–H groups in total. The number of nitrogens with zero attached hydrogens (tertiary/aromatic N) is 2. The van der Waals surface area contributed by atoms with Crippen molar-refractivity contribution in [3.05, 3.63) is 78.4 Å². The maximum atomic E-state index is 13.1. The molecule has 6 nitrogen and oxygen atoms in total. The van der Waals surface area contributed by atoms with Gasteiger partial charge in [0, 0.05) is 0 Å². The molecule has 2 aromatic carbocycles. The number of hydrogen-bond acceptors (Lipinski definition) is 5. The number of para-hydroxylation sites is 1. The summed E-state index contributed by atoms with van der Waals surface area (Å²) >= 11 is 0. The summed E-state index contributed by atoms with van der Waals surface area (Å²) in [7, 11) is -3.71. The van der Waals surface area contributed by atoms with Crippen LogP contribution in [-0.2, 0) is 15.8 Å². The number of anilines is 1. The minimum Gasteiger partial charge on any atom is -0.424 e. The van der Waals surface area contributed by atoms with Crippen LogP contribution in [0.15, 0.2) is 67.0 Å². The van der Waals surface area contributed by atoms with Crippen molar-refractivity contribution in [1.82, 2.24) is 9.97 Å². The van der Waals surface area contributed by atoms with E-state index in [0.717, 1.165) is 0 Å². The minimum absolute atomic E-state index is 0.0966. The van der Waals surface area contributed by atoms with Crippen molar-refractivity contribution in [3.63, 3.8) is 0 Å². The smallest absolute Gasteiger partial charge is 0.322 e. The van der Waals surface area contributed by atoms with Crippen molar-refractivity contribution in [2.24, 2.45) is 0 Å². The Hall–Kier alpha value is -3.00. The number of halogens is 1. The van der Waals surface area contributed by atoms with Crippen LogP contribution in [0.3, 0.4) is 0 Å². The van der Waals surface area contributed by atoms with Gasteiger partial charge >= 0.3 is 6.01 Å². The Morgan fingerprint density at radius 2 is 1.72 bits per heavy atom. The average Bonchev–Trinajstić information content (AvgIpc) is 2.57. The first-order valence-electron chi connectivity index (χ1n) is 7.30. The van der Waals surface area contributed by atoms with Crippen LogP contribution in [0.1, 0.15) is 5.56 Å². The predicted octanol–water partition coefficient (Wildman–Crippen LogP) is 3.35. The second kappa shape index (κ2) is 7.27. The molecule has 0 spiro atoms. The third kappa shape index (κ3) is 4.98. The Morgan fingerprint density at radius 3 is 2.40 bits per heavy atom. The highest BCUT2D eigenvalue weighted by Gasteiger charge is 2.13. The van der Waals surface area contributed by atoms with E-state index in [0.29, 0.717) is 11.3 Å². The summed E-state index contributed by atoms with van der Waals surface area (Å²) in [5, 5.41) is 0. The fraction of sp³-hybridized carbons (Fsp3) is 0.0588. The lowest BCUT2D eigenvalue weighted by Gasteiger charge is -2.08. The van der Waals surface area contributed by atoms with Crippen LogP contribution in [0.2, 0.25) is 0 Å². The Kier molecular flexibility index (Phi) is 4.90. The lowest BCUT2D eigenvalue weighted by atomic mass is 10.2. The molecule has 0 bridgehead atoms. The number of benzene rings is 2. The second-order valence-corrected chi connectivity index (χ2v) is 6.88.